The summed E-state index contributed by atoms with van der Waals surface area (Å²) in [5, 5.41) is 3.30. The highest BCUT2D eigenvalue weighted by molar-refractivity contribution is 7.90. The molecule has 0 atom stereocenters. The summed E-state index contributed by atoms with van der Waals surface area (Å²) in [4.78, 5) is 6.43. The maximum absolute atomic E-state index is 11.2. The van der Waals surface area contributed by atoms with Crippen LogP contribution in [0, 0.1) is 6.92 Å². The number of nitrogens with one attached hydrogen (secondary N) is 1. The second-order valence-electron chi connectivity index (χ2n) is 4.02. The number of aromatic nitrogens is 1. The first kappa shape index (κ1) is 13.0. The monoisotopic (exact) mass is 282 g/mol. The first-order valence-corrected chi connectivity index (χ1v) is 8.11. The SMILES string of the molecule is Cc1ccc(CNc2ccc(S(C)(=O)=O)nc2)s1. The van der Waals surface area contributed by atoms with Gasteiger partial charge >= 0.3 is 0 Å². The Morgan fingerprint density at radius 1 is 1.28 bits per heavy atom. The summed E-state index contributed by atoms with van der Waals surface area (Å²) < 4.78 is 22.5. The maximum Gasteiger partial charge on any atom is 0.192 e. The van der Waals surface area contributed by atoms with Crippen molar-refractivity contribution >= 4 is 26.9 Å². The molecule has 0 aliphatic rings. The van der Waals surface area contributed by atoms with E-state index in [4.69, 9.17) is 0 Å². The summed E-state index contributed by atoms with van der Waals surface area (Å²) >= 11 is 1.74. The predicted octanol–water partition coefficient (Wildman–Crippen LogP) is 2.47. The van der Waals surface area contributed by atoms with Crippen LogP contribution in [0.2, 0.25) is 0 Å². The molecular weight excluding hydrogens is 268 g/mol. The number of aryl methyl sites for hydroxylation is 1. The van der Waals surface area contributed by atoms with Crippen LogP contribution in [-0.2, 0) is 16.4 Å². The Kier molecular flexibility index (Phi) is 3.68. The van der Waals surface area contributed by atoms with Crippen molar-refractivity contribution in [3.8, 4) is 0 Å². The van der Waals surface area contributed by atoms with Gasteiger partial charge in [0.25, 0.3) is 0 Å². The molecule has 0 unspecified atom stereocenters. The van der Waals surface area contributed by atoms with Gasteiger partial charge in [-0.2, -0.15) is 0 Å². The zero-order valence-electron chi connectivity index (χ0n) is 10.2. The zero-order chi connectivity index (χ0) is 13.2. The summed E-state index contributed by atoms with van der Waals surface area (Å²) in [6, 6.07) is 7.39. The number of nitrogens with zero attached hydrogens (tertiary/aromatic N) is 1. The van der Waals surface area contributed by atoms with E-state index in [1.165, 1.54) is 22.0 Å². The number of sulfone groups is 1. The second-order valence-corrected chi connectivity index (χ2v) is 7.36. The standard InChI is InChI=1S/C12H14N2O2S2/c1-9-3-5-11(17-9)8-13-10-4-6-12(14-7-10)18(2,15)16/h3-7,13H,8H2,1-2H3. The smallest absolute Gasteiger partial charge is 0.192 e. The van der Waals surface area contributed by atoms with Crippen molar-refractivity contribution < 1.29 is 8.42 Å². The number of rotatable bonds is 4. The molecule has 0 aromatic carbocycles. The van der Waals surface area contributed by atoms with E-state index < -0.39 is 9.84 Å². The van der Waals surface area contributed by atoms with Crippen molar-refractivity contribution in [3.63, 3.8) is 0 Å². The minimum atomic E-state index is -3.22. The molecule has 2 heterocycles. The number of hydrogen-bond donors (Lipinski definition) is 1. The van der Waals surface area contributed by atoms with Crippen molar-refractivity contribution in [2.45, 2.75) is 18.5 Å². The number of thiophene rings is 1. The average Bonchev–Trinajstić information content (AvgIpc) is 2.72. The summed E-state index contributed by atoms with van der Waals surface area (Å²) in [6.45, 7) is 2.79. The van der Waals surface area contributed by atoms with Gasteiger partial charge < -0.3 is 5.32 Å². The fourth-order valence-corrected chi connectivity index (χ4v) is 2.86. The molecule has 0 aliphatic carbocycles. The molecule has 0 saturated heterocycles. The van der Waals surface area contributed by atoms with E-state index in [9.17, 15) is 8.42 Å². The first-order chi connectivity index (χ1) is 8.45. The van der Waals surface area contributed by atoms with Gasteiger partial charge in [-0.25, -0.2) is 13.4 Å². The van der Waals surface area contributed by atoms with Crippen LogP contribution in [0.4, 0.5) is 5.69 Å². The van der Waals surface area contributed by atoms with Crippen molar-refractivity contribution in [2.75, 3.05) is 11.6 Å². The Bertz CT molecular complexity index is 630. The Labute approximate surface area is 111 Å². The van der Waals surface area contributed by atoms with Gasteiger partial charge in [-0.05, 0) is 31.2 Å². The van der Waals surface area contributed by atoms with Crippen LogP contribution in [0.15, 0.2) is 35.5 Å². The lowest BCUT2D eigenvalue weighted by Gasteiger charge is -2.04. The minimum absolute atomic E-state index is 0.0972. The molecule has 2 aromatic heterocycles. The van der Waals surface area contributed by atoms with Gasteiger partial charge in [0.1, 0.15) is 0 Å². The normalized spacial score (nSPS) is 11.4. The fourth-order valence-electron chi connectivity index (χ4n) is 1.47. The zero-order valence-corrected chi connectivity index (χ0v) is 11.8. The molecule has 2 rings (SSSR count). The van der Waals surface area contributed by atoms with Crippen molar-refractivity contribution in [1.82, 2.24) is 4.98 Å². The highest BCUT2D eigenvalue weighted by atomic mass is 32.2. The lowest BCUT2D eigenvalue weighted by molar-refractivity contribution is 0.598. The van der Waals surface area contributed by atoms with Gasteiger partial charge in [0.05, 0.1) is 11.9 Å². The first-order valence-electron chi connectivity index (χ1n) is 5.40. The third-order valence-electron chi connectivity index (χ3n) is 2.38. The summed E-state index contributed by atoms with van der Waals surface area (Å²) in [6.07, 6.45) is 2.69. The van der Waals surface area contributed by atoms with Crippen LogP contribution in [0.5, 0.6) is 0 Å². The van der Waals surface area contributed by atoms with E-state index in [0.29, 0.717) is 0 Å². The predicted molar refractivity (Wildman–Crippen MR) is 73.7 cm³/mol. The minimum Gasteiger partial charge on any atom is -0.379 e. The third-order valence-corrected chi connectivity index (χ3v) is 4.38. The molecule has 4 nitrogen and oxygen atoms in total. The second kappa shape index (κ2) is 5.07. The van der Waals surface area contributed by atoms with Crippen LogP contribution in [-0.4, -0.2) is 19.7 Å². The summed E-state index contributed by atoms with van der Waals surface area (Å²) in [5.41, 5.74) is 0.813. The van der Waals surface area contributed by atoms with E-state index in [-0.39, 0.29) is 5.03 Å². The van der Waals surface area contributed by atoms with E-state index in [2.05, 4.69) is 29.4 Å². The lowest BCUT2D eigenvalue weighted by atomic mass is 10.4. The summed E-state index contributed by atoms with van der Waals surface area (Å²) in [7, 11) is -3.22. The lowest BCUT2D eigenvalue weighted by Crippen LogP contribution is -2.02. The molecule has 0 amide bonds. The third kappa shape index (κ3) is 3.30. The molecule has 0 aliphatic heterocycles. The van der Waals surface area contributed by atoms with Crippen molar-refractivity contribution in [1.29, 1.82) is 0 Å². The van der Waals surface area contributed by atoms with E-state index in [0.717, 1.165) is 18.5 Å². The van der Waals surface area contributed by atoms with Gasteiger partial charge in [-0.3, -0.25) is 0 Å². The van der Waals surface area contributed by atoms with Crippen LogP contribution < -0.4 is 5.32 Å². The van der Waals surface area contributed by atoms with Gasteiger partial charge in [-0.15, -0.1) is 11.3 Å². The van der Waals surface area contributed by atoms with Crippen LogP contribution >= 0.6 is 11.3 Å². The Hall–Kier alpha value is -1.40. The van der Waals surface area contributed by atoms with Crippen LogP contribution in [0.3, 0.4) is 0 Å². The molecule has 0 bridgehead atoms. The van der Waals surface area contributed by atoms with Gasteiger partial charge in [0.15, 0.2) is 14.9 Å². The molecule has 18 heavy (non-hydrogen) atoms. The van der Waals surface area contributed by atoms with Gasteiger partial charge in [0, 0.05) is 22.6 Å². The molecule has 0 fully saturated rings. The highest BCUT2D eigenvalue weighted by Crippen LogP contribution is 2.17. The van der Waals surface area contributed by atoms with E-state index in [1.54, 1.807) is 17.4 Å². The van der Waals surface area contributed by atoms with Gasteiger partial charge in [0.2, 0.25) is 0 Å². The van der Waals surface area contributed by atoms with Crippen LogP contribution in [0.25, 0.3) is 0 Å². The molecule has 6 heteroatoms. The number of pyridine rings is 1. The molecule has 0 radical (unpaired) electrons. The molecule has 96 valence electrons. The van der Waals surface area contributed by atoms with Gasteiger partial charge in [-0.1, -0.05) is 0 Å². The maximum atomic E-state index is 11.2. The summed E-state index contributed by atoms with van der Waals surface area (Å²) in [5.74, 6) is 0. The Balaban J connectivity index is 2.03. The van der Waals surface area contributed by atoms with E-state index in [1.807, 2.05) is 0 Å². The quantitative estimate of drug-likeness (QED) is 0.936. The fraction of sp³-hybridized carbons (Fsp3) is 0.250. The number of hydrogen-bond acceptors (Lipinski definition) is 5. The molecule has 0 saturated carbocycles. The van der Waals surface area contributed by atoms with Crippen LogP contribution in [0.1, 0.15) is 9.75 Å². The number of anilines is 1. The van der Waals surface area contributed by atoms with E-state index >= 15 is 0 Å². The highest BCUT2D eigenvalue weighted by Gasteiger charge is 2.07. The Morgan fingerprint density at radius 3 is 2.56 bits per heavy atom. The largest absolute Gasteiger partial charge is 0.379 e. The molecule has 0 spiro atoms. The van der Waals surface area contributed by atoms with Crippen molar-refractivity contribution in [3.05, 3.63) is 40.2 Å². The Morgan fingerprint density at radius 2 is 2.06 bits per heavy atom. The molecule has 1 N–H and O–H groups in total. The van der Waals surface area contributed by atoms with Crippen molar-refractivity contribution in [2.24, 2.45) is 0 Å². The molecular formula is C12H14N2O2S2. The molecule has 2 aromatic rings. The average molecular weight is 282 g/mol. The topological polar surface area (TPSA) is 59.1 Å².